The summed E-state index contributed by atoms with van der Waals surface area (Å²) >= 11 is 0. The summed E-state index contributed by atoms with van der Waals surface area (Å²) in [5, 5.41) is 7.77. The number of carbonyl (C=O) groups is 1. The number of amides is 1. The SMILES string of the molecule is Cn1nccc1C(=O)Nc1ccc2cc(-c3ccccc3F)[nH]c2c1. The molecule has 2 N–H and O–H groups in total. The normalized spacial score (nSPS) is 11.0. The van der Waals surface area contributed by atoms with Crippen LogP contribution in [-0.2, 0) is 7.05 Å². The summed E-state index contributed by atoms with van der Waals surface area (Å²) in [5.74, 6) is -0.515. The highest BCUT2D eigenvalue weighted by atomic mass is 19.1. The molecule has 0 fully saturated rings. The minimum absolute atomic E-state index is 0.236. The first-order valence-electron chi connectivity index (χ1n) is 7.79. The highest BCUT2D eigenvalue weighted by molar-refractivity contribution is 6.04. The molecule has 2 aromatic carbocycles. The van der Waals surface area contributed by atoms with E-state index in [0.717, 1.165) is 10.9 Å². The topological polar surface area (TPSA) is 62.7 Å². The fourth-order valence-corrected chi connectivity index (χ4v) is 2.82. The molecule has 25 heavy (non-hydrogen) atoms. The van der Waals surface area contributed by atoms with Gasteiger partial charge in [0.25, 0.3) is 5.91 Å². The zero-order valence-electron chi connectivity index (χ0n) is 13.5. The summed E-state index contributed by atoms with van der Waals surface area (Å²) in [4.78, 5) is 15.5. The Labute approximate surface area is 143 Å². The molecule has 0 atom stereocenters. The van der Waals surface area contributed by atoms with Gasteiger partial charge in [-0.3, -0.25) is 9.48 Å². The van der Waals surface area contributed by atoms with Crippen molar-refractivity contribution in [1.82, 2.24) is 14.8 Å². The minimum Gasteiger partial charge on any atom is -0.354 e. The highest BCUT2D eigenvalue weighted by Crippen LogP contribution is 2.27. The van der Waals surface area contributed by atoms with E-state index in [9.17, 15) is 9.18 Å². The van der Waals surface area contributed by atoms with Gasteiger partial charge in [0.15, 0.2) is 0 Å². The zero-order chi connectivity index (χ0) is 17.4. The molecule has 124 valence electrons. The number of benzene rings is 2. The van der Waals surface area contributed by atoms with Crippen LogP contribution in [0.15, 0.2) is 60.8 Å². The van der Waals surface area contributed by atoms with Gasteiger partial charge in [-0.1, -0.05) is 18.2 Å². The lowest BCUT2D eigenvalue weighted by molar-refractivity contribution is 0.101. The van der Waals surface area contributed by atoms with Crippen LogP contribution >= 0.6 is 0 Å². The van der Waals surface area contributed by atoms with Gasteiger partial charge in [0, 0.05) is 41.1 Å². The number of halogens is 1. The molecular formula is C19H15FN4O. The Morgan fingerprint density at radius 3 is 2.76 bits per heavy atom. The summed E-state index contributed by atoms with van der Waals surface area (Å²) in [6.45, 7) is 0. The maximum absolute atomic E-state index is 14.0. The summed E-state index contributed by atoms with van der Waals surface area (Å²) in [6.07, 6.45) is 1.57. The molecule has 0 unspecified atom stereocenters. The van der Waals surface area contributed by atoms with Crippen LogP contribution in [0, 0.1) is 5.82 Å². The van der Waals surface area contributed by atoms with Crippen molar-refractivity contribution in [3.8, 4) is 11.3 Å². The van der Waals surface area contributed by atoms with E-state index in [1.807, 2.05) is 24.3 Å². The Hall–Kier alpha value is -3.41. The molecule has 0 saturated carbocycles. The summed E-state index contributed by atoms with van der Waals surface area (Å²) in [6, 6.07) is 15.7. The molecule has 4 rings (SSSR count). The van der Waals surface area contributed by atoms with Crippen molar-refractivity contribution in [2.24, 2.45) is 7.05 Å². The number of nitrogens with one attached hydrogen (secondary N) is 2. The van der Waals surface area contributed by atoms with E-state index in [0.29, 0.717) is 22.6 Å². The van der Waals surface area contributed by atoms with Crippen molar-refractivity contribution >= 4 is 22.5 Å². The van der Waals surface area contributed by atoms with Gasteiger partial charge in [-0.2, -0.15) is 5.10 Å². The maximum atomic E-state index is 14.0. The van der Waals surface area contributed by atoms with Crippen molar-refractivity contribution in [3.05, 3.63) is 72.3 Å². The monoisotopic (exact) mass is 334 g/mol. The van der Waals surface area contributed by atoms with Crippen LogP contribution in [0.1, 0.15) is 10.5 Å². The molecule has 0 aliphatic heterocycles. The number of hydrogen-bond acceptors (Lipinski definition) is 2. The summed E-state index contributed by atoms with van der Waals surface area (Å²) in [5.41, 5.74) is 3.16. The van der Waals surface area contributed by atoms with Crippen molar-refractivity contribution in [2.45, 2.75) is 0 Å². The van der Waals surface area contributed by atoms with E-state index >= 15 is 0 Å². The molecule has 6 heteroatoms. The number of carbonyl (C=O) groups excluding carboxylic acids is 1. The van der Waals surface area contributed by atoms with Crippen LogP contribution in [0.3, 0.4) is 0 Å². The zero-order valence-corrected chi connectivity index (χ0v) is 13.5. The number of aromatic nitrogens is 3. The Bertz CT molecular complexity index is 1080. The maximum Gasteiger partial charge on any atom is 0.273 e. The lowest BCUT2D eigenvalue weighted by Crippen LogP contribution is -2.15. The van der Waals surface area contributed by atoms with Crippen molar-refractivity contribution in [1.29, 1.82) is 0 Å². The van der Waals surface area contributed by atoms with Crippen LogP contribution in [0.2, 0.25) is 0 Å². The molecule has 0 bridgehead atoms. The minimum atomic E-state index is -0.279. The Morgan fingerprint density at radius 1 is 1.16 bits per heavy atom. The number of fused-ring (bicyclic) bond motifs is 1. The molecule has 0 aliphatic carbocycles. The lowest BCUT2D eigenvalue weighted by Gasteiger charge is -2.05. The second kappa shape index (κ2) is 5.90. The molecule has 2 aromatic heterocycles. The first-order chi connectivity index (χ1) is 12.1. The second-order valence-corrected chi connectivity index (χ2v) is 5.76. The first kappa shape index (κ1) is 15.1. The van der Waals surface area contributed by atoms with Crippen molar-refractivity contribution in [3.63, 3.8) is 0 Å². The molecule has 2 heterocycles. The number of nitrogens with zero attached hydrogens (tertiary/aromatic N) is 2. The average Bonchev–Trinajstić information content (AvgIpc) is 3.20. The number of hydrogen-bond donors (Lipinski definition) is 2. The van der Waals surface area contributed by atoms with E-state index in [2.05, 4.69) is 15.4 Å². The van der Waals surface area contributed by atoms with E-state index in [-0.39, 0.29) is 11.7 Å². The molecule has 4 aromatic rings. The van der Waals surface area contributed by atoms with Crippen LogP contribution < -0.4 is 5.32 Å². The number of aryl methyl sites for hydroxylation is 1. The van der Waals surface area contributed by atoms with Crippen molar-refractivity contribution in [2.75, 3.05) is 5.32 Å². The van der Waals surface area contributed by atoms with Gasteiger partial charge in [-0.05, 0) is 36.4 Å². The predicted octanol–water partition coefficient (Wildman–Crippen LogP) is 3.96. The molecule has 1 amide bonds. The van der Waals surface area contributed by atoms with Gasteiger partial charge >= 0.3 is 0 Å². The van der Waals surface area contributed by atoms with Gasteiger partial charge in [0.05, 0.1) is 0 Å². The third-order valence-electron chi connectivity index (χ3n) is 4.10. The largest absolute Gasteiger partial charge is 0.354 e. The lowest BCUT2D eigenvalue weighted by atomic mass is 10.1. The number of anilines is 1. The average molecular weight is 334 g/mol. The van der Waals surface area contributed by atoms with Gasteiger partial charge in [0.2, 0.25) is 0 Å². The van der Waals surface area contributed by atoms with Crippen LogP contribution in [0.5, 0.6) is 0 Å². The van der Waals surface area contributed by atoms with Crippen LogP contribution in [-0.4, -0.2) is 20.7 Å². The number of rotatable bonds is 3. The van der Waals surface area contributed by atoms with E-state index in [1.165, 1.54) is 10.7 Å². The van der Waals surface area contributed by atoms with E-state index < -0.39 is 0 Å². The summed E-state index contributed by atoms with van der Waals surface area (Å²) in [7, 11) is 1.71. The molecule has 0 saturated heterocycles. The van der Waals surface area contributed by atoms with E-state index in [1.54, 1.807) is 37.5 Å². The fraction of sp³-hybridized carbons (Fsp3) is 0.0526. The highest BCUT2D eigenvalue weighted by Gasteiger charge is 2.12. The molecule has 0 radical (unpaired) electrons. The van der Waals surface area contributed by atoms with Gasteiger partial charge in [0.1, 0.15) is 11.5 Å². The van der Waals surface area contributed by atoms with Gasteiger partial charge in [-0.15, -0.1) is 0 Å². The predicted molar refractivity (Wildman–Crippen MR) is 94.9 cm³/mol. The van der Waals surface area contributed by atoms with E-state index in [4.69, 9.17) is 0 Å². The van der Waals surface area contributed by atoms with Crippen molar-refractivity contribution < 1.29 is 9.18 Å². The molecule has 0 aliphatic rings. The smallest absolute Gasteiger partial charge is 0.273 e. The van der Waals surface area contributed by atoms with Gasteiger partial charge in [-0.25, -0.2) is 4.39 Å². The number of H-pyrrole nitrogens is 1. The quantitative estimate of drug-likeness (QED) is 0.596. The Kier molecular flexibility index (Phi) is 3.57. The first-order valence-corrected chi connectivity index (χ1v) is 7.79. The second-order valence-electron chi connectivity index (χ2n) is 5.76. The number of aromatic amines is 1. The standard InChI is InChI=1S/C19H15FN4O/c1-24-18(8-9-21-24)19(25)22-13-7-6-12-10-17(23-16(12)11-13)14-4-2-3-5-15(14)20/h2-11,23H,1H3,(H,22,25). The summed E-state index contributed by atoms with van der Waals surface area (Å²) < 4.78 is 15.5. The van der Waals surface area contributed by atoms with Gasteiger partial charge < -0.3 is 10.3 Å². The molecule has 5 nitrogen and oxygen atoms in total. The third kappa shape index (κ3) is 2.78. The Morgan fingerprint density at radius 2 is 2.00 bits per heavy atom. The van der Waals surface area contributed by atoms with Crippen LogP contribution in [0.25, 0.3) is 22.2 Å². The van der Waals surface area contributed by atoms with Crippen LogP contribution in [0.4, 0.5) is 10.1 Å². The Balaban J connectivity index is 1.66. The fourth-order valence-electron chi connectivity index (χ4n) is 2.82. The molecule has 0 spiro atoms. The molecular weight excluding hydrogens is 319 g/mol. The third-order valence-corrected chi connectivity index (χ3v) is 4.10.